The van der Waals surface area contributed by atoms with Gasteiger partial charge in [0, 0.05) is 11.6 Å². The zero-order valence-electron chi connectivity index (χ0n) is 13.7. The number of nitrogens with zero attached hydrogens (tertiary/aromatic N) is 1. The molecule has 2 unspecified atom stereocenters. The van der Waals surface area contributed by atoms with Crippen LogP contribution in [0.15, 0.2) is 0 Å². The topological polar surface area (TPSA) is 41.3 Å². The zero-order chi connectivity index (χ0) is 14.4. The van der Waals surface area contributed by atoms with Crippen LogP contribution in [-0.2, 0) is 0 Å². The minimum atomic E-state index is 0.358. The normalized spacial score (nSPS) is 26.6. The van der Waals surface area contributed by atoms with E-state index in [0.29, 0.717) is 11.6 Å². The van der Waals surface area contributed by atoms with E-state index >= 15 is 0 Å². The summed E-state index contributed by atoms with van der Waals surface area (Å²) < 4.78 is 0. The van der Waals surface area contributed by atoms with Gasteiger partial charge in [0.15, 0.2) is 0 Å². The molecule has 20 heavy (non-hydrogen) atoms. The van der Waals surface area contributed by atoms with Crippen molar-refractivity contribution in [2.24, 2.45) is 11.8 Å². The average molecular weight is 281 g/mol. The maximum atomic E-state index is 6.01. The van der Waals surface area contributed by atoms with Crippen LogP contribution in [0.25, 0.3) is 0 Å². The van der Waals surface area contributed by atoms with Crippen molar-refractivity contribution in [1.82, 2.24) is 10.3 Å². The molecule has 0 amide bonds. The first-order chi connectivity index (χ1) is 9.73. The molecule has 0 aromatic rings. The van der Waals surface area contributed by atoms with E-state index in [0.717, 1.165) is 5.92 Å². The Morgan fingerprint density at radius 3 is 2.30 bits per heavy atom. The Bertz CT molecular complexity index is 267. The molecular weight excluding hydrogens is 246 g/mol. The lowest BCUT2D eigenvalue weighted by atomic mass is 9.80. The average Bonchev–Trinajstić information content (AvgIpc) is 2.96. The van der Waals surface area contributed by atoms with Gasteiger partial charge in [0.05, 0.1) is 0 Å². The lowest BCUT2D eigenvalue weighted by Gasteiger charge is -2.49. The molecule has 1 saturated carbocycles. The van der Waals surface area contributed by atoms with Gasteiger partial charge >= 0.3 is 0 Å². The van der Waals surface area contributed by atoms with Crippen molar-refractivity contribution >= 4 is 0 Å². The molecule has 0 radical (unpaired) electrons. The van der Waals surface area contributed by atoms with E-state index < -0.39 is 0 Å². The van der Waals surface area contributed by atoms with Gasteiger partial charge in [-0.2, -0.15) is 0 Å². The minimum Gasteiger partial charge on any atom is -0.296 e. The summed E-state index contributed by atoms with van der Waals surface area (Å²) in [6.07, 6.45) is 13.5. The monoisotopic (exact) mass is 281 g/mol. The van der Waals surface area contributed by atoms with Crippen molar-refractivity contribution in [2.45, 2.75) is 89.6 Å². The fraction of sp³-hybridized carbons (Fsp3) is 1.00. The van der Waals surface area contributed by atoms with E-state index in [1.54, 1.807) is 0 Å². The van der Waals surface area contributed by atoms with Crippen molar-refractivity contribution in [1.29, 1.82) is 0 Å². The minimum absolute atomic E-state index is 0.358. The first kappa shape index (κ1) is 16.3. The summed E-state index contributed by atoms with van der Waals surface area (Å²) in [5, 5.41) is 0. The number of nitrogens with two attached hydrogens (primary N) is 1. The number of nitrogens with one attached hydrogen (secondary N) is 1. The second-order valence-electron chi connectivity index (χ2n) is 7.21. The van der Waals surface area contributed by atoms with Gasteiger partial charge in [-0.3, -0.25) is 16.2 Å². The third-order valence-electron chi connectivity index (χ3n) is 5.72. The van der Waals surface area contributed by atoms with Crippen molar-refractivity contribution < 1.29 is 0 Å². The first-order valence-corrected chi connectivity index (χ1v) is 8.94. The fourth-order valence-electron chi connectivity index (χ4n) is 4.67. The lowest BCUT2D eigenvalue weighted by Crippen LogP contribution is -2.62. The van der Waals surface area contributed by atoms with Gasteiger partial charge in [0.1, 0.15) is 0 Å². The summed E-state index contributed by atoms with van der Waals surface area (Å²) in [4.78, 5) is 2.80. The number of rotatable bonds is 7. The summed E-state index contributed by atoms with van der Waals surface area (Å²) in [7, 11) is 0. The SMILES string of the molecule is CCCC(C)CC(NN)C1(N2CCCCC2)CCCC1. The second kappa shape index (κ2) is 7.77. The van der Waals surface area contributed by atoms with Gasteiger partial charge in [-0.15, -0.1) is 0 Å². The van der Waals surface area contributed by atoms with Crippen LogP contribution in [0.2, 0.25) is 0 Å². The molecule has 1 aliphatic heterocycles. The van der Waals surface area contributed by atoms with E-state index in [1.165, 1.54) is 77.3 Å². The Kier molecular flexibility index (Phi) is 6.31. The maximum absolute atomic E-state index is 6.01. The molecule has 1 aliphatic carbocycles. The molecule has 2 atom stereocenters. The van der Waals surface area contributed by atoms with Gasteiger partial charge in [0.2, 0.25) is 0 Å². The van der Waals surface area contributed by atoms with Crippen LogP contribution in [0.4, 0.5) is 0 Å². The molecule has 0 spiro atoms. The number of hydrogen-bond acceptors (Lipinski definition) is 3. The number of piperidine rings is 1. The predicted molar refractivity (Wildman–Crippen MR) is 86.4 cm³/mol. The summed E-state index contributed by atoms with van der Waals surface area (Å²) in [5.41, 5.74) is 3.59. The molecule has 2 aliphatic rings. The summed E-state index contributed by atoms with van der Waals surface area (Å²) in [6, 6.07) is 0.477. The van der Waals surface area contributed by atoms with Crippen LogP contribution in [-0.4, -0.2) is 29.6 Å². The number of hydrazine groups is 1. The highest BCUT2D eigenvalue weighted by Crippen LogP contribution is 2.41. The van der Waals surface area contributed by atoms with Gasteiger partial charge in [-0.25, -0.2) is 0 Å². The maximum Gasteiger partial charge on any atom is 0.0397 e. The van der Waals surface area contributed by atoms with Crippen LogP contribution in [0.3, 0.4) is 0 Å². The Labute approximate surface area is 125 Å². The van der Waals surface area contributed by atoms with Crippen molar-refractivity contribution in [2.75, 3.05) is 13.1 Å². The molecule has 2 rings (SSSR count). The Morgan fingerprint density at radius 1 is 1.10 bits per heavy atom. The standard InChI is InChI=1S/C17H35N3/c1-3-9-15(2)14-16(19-18)17(10-5-6-11-17)20-12-7-4-8-13-20/h15-16,19H,3-14,18H2,1-2H3. The number of hydrogen-bond donors (Lipinski definition) is 2. The van der Waals surface area contributed by atoms with Gasteiger partial charge in [-0.05, 0) is 51.1 Å². The van der Waals surface area contributed by atoms with E-state index in [-0.39, 0.29) is 0 Å². The molecule has 3 heteroatoms. The number of likely N-dealkylation sites (tertiary alicyclic amines) is 1. The Hall–Kier alpha value is -0.120. The van der Waals surface area contributed by atoms with Gasteiger partial charge in [-0.1, -0.05) is 46.0 Å². The van der Waals surface area contributed by atoms with Crippen LogP contribution < -0.4 is 11.3 Å². The van der Waals surface area contributed by atoms with Crippen molar-refractivity contribution in [3.05, 3.63) is 0 Å². The molecule has 0 aromatic heterocycles. The van der Waals surface area contributed by atoms with Gasteiger partial charge in [0.25, 0.3) is 0 Å². The lowest BCUT2D eigenvalue weighted by molar-refractivity contribution is 0.0290. The largest absolute Gasteiger partial charge is 0.296 e. The van der Waals surface area contributed by atoms with Crippen LogP contribution in [0.1, 0.15) is 78.1 Å². The first-order valence-electron chi connectivity index (χ1n) is 8.94. The highest BCUT2D eigenvalue weighted by Gasteiger charge is 2.45. The van der Waals surface area contributed by atoms with Crippen LogP contribution in [0.5, 0.6) is 0 Å². The van der Waals surface area contributed by atoms with E-state index in [9.17, 15) is 0 Å². The van der Waals surface area contributed by atoms with E-state index in [1.807, 2.05) is 0 Å². The van der Waals surface area contributed by atoms with Crippen molar-refractivity contribution in [3.8, 4) is 0 Å². The Balaban J connectivity index is 2.07. The van der Waals surface area contributed by atoms with Gasteiger partial charge < -0.3 is 0 Å². The molecule has 0 bridgehead atoms. The third kappa shape index (κ3) is 3.55. The Morgan fingerprint density at radius 2 is 1.75 bits per heavy atom. The molecule has 1 saturated heterocycles. The third-order valence-corrected chi connectivity index (χ3v) is 5.72. The summed E-state index contributed by atoms with van der Waals surface area (Å²) >= 11 is 0. The molecule has 3 nitrogen and oxygen atoms in total. The second-order valence-corrected chi connectivity index (χ2v) is 7.21. The predicted octanol–water partition coefficient (Wildman–Crippen LogP) is 3.44. The van der Waals surface area contributed by atoms with Crippen LogP contribution >= 0.6 is 0 Å². The molecule has 0 aromatic carbocycles. The fourth-order valence-corrected chi connectivity index (χ4v) is 4.67. The van der Waals surface area contributed by atoms with E-state index in [4.69, 9.17) is 5.84 Å². The smallest absolute Gasteiger partial charge is 0.0397 e. The zero-order valence-corrected chi connectivity index (χ0v) is 13.7. The highest BCUT2D eigenvalue weighted by atomic mass is 15.3. The molecule has 3 N–H and O–H groups in total. The summed E-state index contributed by atoms with van der Waals surface area (Å²) in [6.45, 7) is 7.27. The quantitative estimate of drug-likeness (QED) is 0.555. The van der Waals surface area contributed by atoms with E-state index in [2.05, 4.69) is 24.2 Å². The molecule has 1 heterocycles. The molecular formula is C17H35N3. The highest BCUT2D eigenvalue weighted by molar-refractivity contribution is 5.04. The van der Waals surface area contributed by atoms with Crippen molar-refractivity contribution in [3.63, 3.8) is 0 Å². The summed E-state index contributed by atoms with van der Waals surface area (Å²) in [5.74, 6) is 6.79. The molecule has 118 valence electrons. The molecule has 2 fully saturated rings. The van der Waals surface area contributed by atoms with Crippen LogP contribution in [0, 0.1) is 5.92 Å².